The zero-order valence-electron chi connectivity index (χ0n) is 8.99. The van der Waals surface area contributed by atoms with E-state index in [1.165, 1.54) is 24.1 Å². The Bertz CT molecular complexity index is 374. The highest BCUT2D eigenvalue weighted by Gasteiger charge is 2.27. The van der Waals surface area contributed by atoms with E-state index in [-0.39, 0.29) is 0 Å². The summed E-state index contributed by atoms with van der Waals surface area (Å²) in [7, 11) is 1.97. The molecule has 1 aliphatic carbocycles. The summed E-state index contributed by atoms with van der Waals surface area (Å²) in [5, 5.41) is 3.26. The number of rotatable bonds is 2. The van der Waals surface area contributed by atoms with Gasteiger partial charge in [0.1, 0.15) is 0 Å². The molecule has 3 heteroatoms. The van der Waals surface area contributed by atoms with Crippen molar-refractivity contribution >= 4 is 0 Å². The van der Waals surface area contributed by atoms with E-state index in [0.717, 1.165) is 18.2 Å². The van der Waals surface area contributed by atoms with Gasteiger partial charge in [-0.05, 0) is 31.5 Å². The van der Waals surface area contributed by atoms with Gasteiger partial charge in [-0.1, -0.05) is 6.07 Å². The Balaban J connectivity index is 1.96. The molecule has 1 atom stereocenters. The van der Waals surface area contributed by atoms with Gasteiger partial charge in [0.25, 0.3) is 0 Å². The highest BCUT2D eigenvalue weighted by atomic mass is 16.5. The van der Waals surface area contributed by atoms with E-state index < -0.39 is 0 Å². The first-order valence-corrected chi connectivity index (χ1v) is 5.63. The molecular weight excluding hydrogens is 188 g/mol. The largest absolute Gasteiger partial charge is 0.373 e. The lowest BCUT2D eigenvalue weighted by Crippen LogP contribution is -2.27. The third-order valence-corrected chi connectivity index (χ3v) is 3.27. The van der Waals surface area contributed by atoms with Crippen molar-refractivity contribution in [1.29, 1.82) is 0 Å². The van der Waals surface area contributed by atoms with Crippen LogP contribution in [0.2, 0.25) is 0 Å². The van der Waals surface area contributed by atoms with E-state index in [2.05, 4.69) is 17.4 Å². The molecule has 0 amide bonds. The average Bonchev–Trinajstić information content (AvgIpc) is 3.11. The lowest BCUT2D eigenvalue weighted by Gasteiger charge is -2.24. The fourth-order valence-electron chi connectivity index (χ4n) is 2.17. The van der Waals surface area contributed by atoms with Crippen molar-refractivity contribution in [2.75, 3.05) is 13.7 Å². The Hall–Kier alpha value is -0.930. The summed E-state index contributed by atoms with van der Waals surface area (Å²) in [6, 6.07) is 4.72. The van der Waals surface area contributed by atoms with Crippen LogP contribution in [-0.4, -0.2) is 18.6 Å². The second kappa shape index (κ2) is 3.58. The first kappa shape index (κ1) is 9.31. The number of fused-ring (bicyclic) bond motifs is 1. The molecule has 1 aromatic heterocycles. The predicted octanol–water partition coefficient (Wildman–Crippen LogP) is 1.75. The van der Waals surface area contributed by atoms with Crippen LogP contribution < -0.4 is 5.32 Å². The Labute approximate surface area is 89.9 Å². The molecule has 2 aliphatic rings. The number of pyridine rings is 1. The van der Waals surface area contributed by atoms with Crippen LogP contribution in [0, 0.1) is 0 Å². The van der Waals surface area contributed by atoms with Gasteiger partial charge in [-0.15, -0.1) is 0 Å². The second-order valence-electron chi connectivity index (χ2n) is 4.40. The monoisotopic (exact) mass is 204 g/mol. The lowest BCUT2D eigenvalue weighted by atomic mass is 10.0. The lowest BCUT2D eigenvalue weighted by molar-refractivity contribution is 0.0811. The van der Waals surface area contributed by atoms with E-state index in [1.54, 1.807) is 0 Å². The number of likely N-dealkylation sites (N-methyl/N-ethyl adjacent to an activating group) is 1. The first-order chi connectivity index (χ1) is 7.38. The van der Waals surface area contributed by atoms with Gasteiger partial charge in [-0.25, -0.2) is 0 Å². The van der Waals surface area contributed by atoms with E-state index in [9.17, 15) is 0 Å². The average molecular weight is 204 g/mol. The summed E-state index contributed by atoms with van der Waals surface area (Å²) < 4.78 is 5.53. The molecule has 3 nitrogen and oxygen atoms in total. The predicted molar refractivity (Wildman–Crippen MR) is 57.7 cm³/mol. The minimum absolute atomic E-state index is 0.314. The smallest absolute Gasteiger partial charge is 0.0892 e. The van der Waals surface area contributed by atoms with Gasteiger partial charge in [0.05, 0.1) is 24.9 Å². The summed E-state index contributed by atoms with van der Waals surface area (Å²) in [5.41, 5.74) is 3.70. The number of hydrogen-bond donors (Lipinski definition) is 1. The molecule has 1 saturated carbocycles. The number of nitrogens with zero attached hydrogens (tertiary/aromatic N) is 1. The van der Waals surface area contributed by atoms with Gasteiger partial charge >= 0.3 is 0 Å². The quantitative estimate of drug-likeness (QED) is 0.797. The van der Waals surface area contributed by atoms with Crippen molar-refractivity contribution in [3.8, 4) is 0 Å². The standard InChI is InChI=1S/C12H16N2O/c1-13-11-6-15-7-12-9(11)4-5-10(14-12)8-2-3-8/h4-5,8,11,13H,2-3,6-7H2,1H3. The second-order valence-corrected chi connectivity index (χ2v) is 4.40. The molecular formula is C12H16N2O. The molecule has 0 spiro atoms. The minimum Gasteiger partial charge on any atom is -0.373 e. The first-order valence-electron chi connectivity index (χ1n) is 5.63. The Morgan fingerprint density at radius 1 is 1.40 bits per heavy atom. The number of ether oxygens (including phenoxy) is 1. The summed E-state index contributed by atoms with van der Waals surface area (Å²) >= 11 is 0. The summed E-state index contributed by atoms with van der Waals surface area (Å²) in [6.45, 7) is 1.43. The maximum absolute atomic E-state index is 5.53. The van der Waals surface area contributed by atoms with E-state index in [0.29, 0.717) is 12.6 Å². The van der Waals surface area contributed by atoms with Crippen LogP contribution in [0.5, 0.6) is 0 Å². The third-order valence-electron chi connectivity index (χ3n) is 3.27. The summed E-state index contributed by atoms with van der Waals surface area (Å²) in [6.07, 6.45) is 2.62. The molecule has 1 N–H and O–H groups in total. The molecule has 2 heterocycles. The number of nitrogens with one attached hydrogen (secondary N) is 1. The number of hydrogen-bond acceptors (Lipinski definition) is 3. The molecule has 1 fully saturated rings. The molecule has 0 saturated heterocycles. The van der Waals surface area contributed by atoms with Crippen molar-refractivity contribution in [3.63, 3.8) is 0 Å². The molecule has 0 aromatic carbocycles. The van der Waals surface area contributed by atoms with Crippen molar-refractivity contribution in [2.24, 2.45) is 0 Å². The maximum Gasteiger partial charge on any atom is 0.0892 e. The molecule has 1 aromatic rings. The zero-order chi connectivity index (χ0) is 10.3. The maximum atomic E-state index is 5.53. The van der Waals surface area contributed by atoms with Crippen LogP contribution in [0.15, 0.2) is 12.1 Å². The Morgan fingerprint density at radius 2 is 2.27 bits per heavy atom. The van der Waals surface area contributed by atoms with Gasteiger partial charge < -0.3 is 10.1 Å². The van der Waals surface area contributed by atoms with Crippen LogP contribution in [-0.2, 0) is 11.3 Å². The topological polar surface area (TPSA) is 34.1 Å². The molecule has 1 unspecified atom stereocenters. The van der Waals surface area contributed by atoms with Crippen molar-refractivity contribution in [3.05, 3.63) is 29.1 Å². The Kier molecular flexibility index (Phi) is 2.22. The van der Waals surface area contributed by atoms with Crippen LogP contribution >= 0.6 is 0 Å². The third kappa shape index (κ3) is 1.66. The van der Waals surface area contributed by atoms with E-state index >= 15 is 0 Å². The molecule has 15 heavy (non-hydrogen) atoms. The number of aromatic nitrogens is 1. The zero-order valence-corrected chi connectivity index (χ0v) is 8.99. The summed E-state index contributed by atoms with van der Waals surface area (Å²) in [5.74, 6) is 0.727. The van der Waals surface area contributed by atoms with E-state index in [4.69, 9.17) is 9.72 Å². The fourth-order valence-corrected chi connectivity index (χ4v) is 2.17. The summed E-state index contributed by atoms with van der Waals surface area (Å²) in [4.78, 5) is 4.71. The van der Waals surface area contributed by atoms with Crippen LogP contribution in [0.4, 0.5) is 0 Å². The highest BCUT2D eigenvalue weighted by Crippen LogP contribution is 2.39. The van der Waals surface area contributed by atoms with Crippen LogP contribution in [0.1, 0.15) is 41.8 Å². The molecule has 1 aliphatic heterocycles. The van der Waals surface area contributed by atoms with Crippen molar-refractivity contribution < 1.29 is 4.74 Å². The molecule has 0 radical (unpaired) electrons. The normalized spacial score (nSPS) is 25.0. The minimum atomic E-state index is 0.314. The fraction of sp³-hybridized carbons (Fsp3) is 0.583. The van der Waals surface area contributed by atoms with Gasteiger partial charge in [0, 0.05) is 11.6 Å². The van der Waals surface area contributed by atoms with Crippen LogP contribution in [0.3, 0.4) is 0 Å². The van der Waals surface area contributed by atoms with Crippen LogP contribution in [0.25, 0.3) is 0 Å². The van der Waals surface area contributed by atoms with Crippen molar-refractivity contribution in [2.45, 2.75) is 31.4 Å². The molecule has 0 bridgehead atoms. The highest BCUT2D eigenvalue weighted by molar-refractivity contribution is 5.30. The molecule has 3 rings (SSSR count). The van der Waals surface area contributed by atoms with Gasteiger partial charge in [-0.2, -0.15) is 0 Å². The van der Waals surface area contributed by atoms with E-state index in [1.807, 2.05) is 7.05 Å². The van der Waals surface area contributed by atoms with Gasteiger partial charge in [0.2, 0.25) is 0 Å². The molecule has 80 valence electrons. The van der Waals surface area contributed by atoms with Gasteiger partial charge in [0.15, 0.2) is 0 Å². The Morgan fingerprint density at radius 3 is 3.00 bits per heavy atom. The SMILES string of the molecule is CNC1COCc2nc(C3CC3)ccc21. The van der Waals surface area contributed by atoms with Gasteiger partial charge in [-0.3, -0.25) is 4.98 Å². The van der Waals surface area contributed by atoms with Crippen molar-refractivity contribution in [1.82, 2.24) is 10.3 Å².